The van der Waals surface area contributed by atoms with Crippen LogP contribution in [0.25, 0.3) is 0 Å². The number of nitrogens with zero attached hydrogens (tertiary/aromatic N) is 1. The summed E-state index contributed by atoms with van der Waals surface area (Å²) in [4.78, 5) is 35.6. The van der Waals surface area contributed by atoms with Gasteiger partial charge in [-0.3, -0.25) is 18.6 Å². The summed E-state index contributed by atoms with van der Waals surface area (Å²) < 4.78 is 34.5. The number of unbranched alkanes of at least 4 members (excludes halogenated alkanes) is 32. The fourth-order valence-corrected chi connectivity index (χ4v) is 8.49. The number of allylic oxidation sites excluding steroid dienone is 4. The second-order valence-electron chi connectivity index (χ2n) is 19.6. The first-order chi connectivity index (χ1) is 31.0. The van der Waals surface area contributed by atoms with E-state index in [1.54, 1.807) is 0 Å². The molecule has 0 aromatic heterocycles. The van der Waals surface area contributed by atoms with Crippen LogP contribution in [-0.2, 0) is 32.7 Å². The molecule has 0 aliphatic carbocycles. The number of esters is 2. The Hall–Kier alpha value is -1.51. The second kappa shape index (κ2) is 46.6. The summed E-state index contributed by atoms with van der Waals surface area (Å²) in [5.41, 5.74) is 0. The number of hydrogen-bond donors (Lipinski definition) is 1. The first-order valence-electron chi connectivity index (χ1n) is 27.1. The van der Waals surface area contributed by atoms with Crippen molar-refractivity contribution >= 4 is 19.8 Å². The highest BCUT2D eigenvalue weighted by atomic mass is 31.2. The van der Waals surface area contributed by atoms with E-state index in [2.05, 4.69) is 38.2 Å². The Morgan fingerprint density at radius 2 is 0.844 bits per heavy atom. The predicted octanol–water partition coefficient (Wildman–Crippen LogP) is 16.3. The quantitative estimate of drug-likeness (QED) is 0.0211. The third-order valence-corrected chi connectivity index (χ3v) is 13.0. The van der Waals surface area contributed by atoms with E-state index in [1.807, 2.05) is 21.1 Å². The minimum absolute atomic E-state index is 0.0331. The Balaban J connectivity index is 4.19. The molecular weight excluding hydrogens is 822 g/mol. The lowest BCUT2D eigenvalue weighted by molar-refractivity contribution is -0.870. The highest BCUT2D eigenvalue weighted by Gasteiger charge is 2.27. The number of likely N-dealkylation sites (N-methyl/N-ethyl adjacent to an activating group) is 1. The van der Waals surface area contributed by atoms with Crippen LogP contribution >= 0.6 is 7.82 Å². The van der Waals surface area contributed by atoms with Gasteiger partial charge in [-0.25, -0.2) is 4.57 Å². The van der Waals surface area contributed by atoms with E-state index in [-0.39, 0.29) is 25.6 Å². The van der Waals surface area contributed by atoms with Crippen LogP contribution in [0.4, 0.5) is 0 Å². The van der Waals surface area contributed by atoms with Gasteiger partial charge in [0.25, 0.3) is 0 Å². The molecule has 0 spiro atoms. The predicted molar refractivity (Wildman–Crippen MR) is 271 cm³/mol. The molecule has 10 heteroatoms. The first kappa shape index (κ1) is 62.5. The highest BCUT2D eigenvalue weighted by molar-refractivity contribution is 7.47. The molecule has 378 valence electrons. The fourth-order valence-electron chi connectivity index (χ4n) is 7.75. The molecule has 0 aromatic carbocycles. The lowest BCUT2D eigenvalue weighted by atomic mass is 10.0. The van der Waals surface area contributed by atoms with Crippen LogP contribution in [0.5, 0.6) is 0 Å². The Morgan fingerprint density at radius 3 is 1.27 bits per heavy atom. The van der Waals surface area contributed by atoms with Crippen molar-refractivity contribution in [2.75, 3.05) is 47.5 Å². The van der Waals surface area contributed by atoms with Crippen molar-refractivity contribution in [3.05, 3.63) is 24.3 Å². The molecule has 0 saturated carbocycles. The lowest BCUT2D eigenvalue weighted by Gasteiger charge is -2.24. The average molecular weight is 927 g/mol. The standard InChI is InChI=1S/C54H104NO8P/c1-6-8-10-12-14-16-18-20-22-24-26-27-29-30-32-34-36-38-40-42-44-46-53(56)60-50-52(51-62-64(58,59)61-49-48-55(3,4)5)63-54(57)47-45-43-41-39-37-35-33-31-28-25-23-21-19-17-15-13-11-9-7-2/h15,17,21,23,52H,6-14,16,18-20,22,24-51H2,1-5H3/p+1/b17-15-,23-21-/t52-/m1/s1. The Labute approximate surface area is 396 Å². The van der Waals surface area contributed by atoms with Crippen molar-refractivity contribution in [3.8, 4) is 0 Å². The molecule has 64 heavy (non-hydrogen) atoms. The van der Waals surface area contributed by atoms with Gasteiger partial charge in [0.05, 0.1) is 27.7 Å². The summed E-state index contributed by atoms with van der Waals surface area (Å²) in [5, 5.41) is 0. The van der Waals surface area contributed by atoms with Crippen LogP contribution in [0.3, 0.4) is 0 Å². The maximum atomic E-state index is 12.8. The minimum atomic E-state index is -4.38. The molecule has 0 saturated heterocycles. The van der Waals surface area contributed by atoms with E-state index in [0.29, 0.717) is 23.9 Å². The summed E-state index contributed by atoms with van der Waals surface area (Å²) in [6, 6.07) is 0. The van der Waals surface area contributed by atoms with Crippen molar-refractivity contribution in [2.24, 2.45) is 0 Å². The van der Waals surface area contributed by atoms with Crippen molar-refractivity contribution in [3.63, 3.8) is 0 Å². The zero-order valence-electron chi connectivity index (χ0n) is 42.8. The van der Waals surface area contributed by atoms with Crippen molar-refractivity contribution < 1.29 is 42.1 Å². The number of rotatable bonds is 50. The van der Waals surface area contributed by atoms with Gasteiger partial charge in [-0.05, 0) is 44.9 Å². The van der Waals surface area contributed by atoms with Crippen LogP contribution in [0, 0.1) is 0 Å². The molecule has 0 aromatic rings. The number of quaternary nitrogens is 1. The first-order valence-corrected chi connectivity index (χ1v) is 28.6. The third kappa shape index (κ3) is 49.9. The van der Waals surface area contributed by atoms with Crippen LogP contribution in [0.2, 0.25) is 0 Å². The van der Waals surface area contributed by atoms with Crippen molar-refractivity contribution in [1.82, 2.24) is 0 Å². The molecule has 0 fully saturated rings. The third-order valence-electron chi connectivity index (χ3n) is 12.0. The number of phosphoric ester groups is 1. The lowest BCUT2D eigenvalue weighted by Crippen LogP contribution is -2.37. The highest BCUT2D eigenvalue weighted by Crippen LogP contribution is 2.43. The maximum absolute atomic E-state index is 12.8. The minimum Gasteiger partial charge on any atom is -0.462 e. The van der Waals surface area contributed by atoms with Crippen LogP contribution in [0.15, 0.2) is 24.3 Å². The second-order valence-corrected chi connectivity index (χ2v) is 21.1. The average Bonchev–Trinajstić information content (AvgIpc) is 3.25. The van der Waals surface area contributed by atoms with Gasteiger partial charge in [0.2, 0.25) is 0 Å². The summed E-state index contributed by atoms with van der Waals surface area (Å²) >= 11 is 0. The number of carbonyl (C=O) groups is 2. The molecule has 0 aliphatic rings. The molecule has 0 bridgehead atoms. The van der Waals surface area contributed by atoms with Gasteiger partial charge in [-0.1, -0.05) is 224 Å². The number of phosphoric acid groups is 1. The van der Waals surface area contributed by atoms with Crippen LogP contribution in [0.1, 0.15) is 258 Å². The molecule has 0 amide bonds. The van der Waals surface area contributed by atoms with E-state index in [4.69, 9.17) is 18.5 Å². The fraction of sp³-hybridized carbons (Fsp3) is 0.889. The van der Waals surface area contributed by atoms with Crippen molar-refractivity contribution in [1.29, 1.82) is 0 Å². The molecule has 9 nitrogen and oxygen atoms in total. The molecule has 0 radical (unpaired) electrons. The Bertz CT molecular complexity index is 1140. The number of hydrogen-bond acceptors (Lipinski definition) is 7. The Kier molecular flexibility index (Phi) is 45.5. The van der Waals surface area contributed by atoms with Crippen LogP contribution in [-0.4, -0.2) is 74.9 Å². The van der Waals surface area contributed by atoms with Gasteiger partial charge in [0, 0.05) is 12.8 Å². The van der Waals surface area contributed by atoms with E-state index >= 15 is 0 Å². The van der Waals surface area contributed by atoms with Gasteiger partial charge >= 0.3 is 19.8 Å². The maximum Gasteiger partial charge on any atom is 0.472 e. The molecule has 0 heterocycles. The van der Waals surface area contributed by atoms with Gasteiger partial charge in [0.15, 0.2) is 6.10 Å². The molecule has 1 N–H and O–H groups in total. The normalized spacial score (nSPS) is 13.5. The van der Waals surface area contributed by atoms with E-state index in [1.165, 1.54) is 180 Å². The zero-order valence-corrected chi connectivity index (χ0v) is 43.7. The number of ether oxygens (including phenoxy) is 2. The molecular formula is C54H105NO8P+. The largest absolute Gasteiger partial charge is 0.472 e. The summed E-state index contributed by atoms with van der Waals surface area (Å²) in [6.45, 7) is 4.45. The van der Waals surface area contributed by atoms with Crippen LogP contribution < -0.4 is 0 Å². The summed E-state index contributed by atoms with van der Waals surface area (Å²) in [5.74, 6) is -0.789. The summed E-state index contributed by atoms with van der Waals surface area (Å²) in [6.07, 6.45) is 53.7. The topological polar surface area (TPSA) is 108 Å². The van der Waals surface area contributed by atoms with Gasteiger partial charge in [0.1, 0.15) is 19.8 Å². The van der Waals surface area contributed by atoms with E-state index in [9.17, 15) is 19.0 Å². The van der Waals surface area contributed by atoms with E-state index in [0.717, 1.165) is 44.9 Å². The zero-order chi connectivity index (χ0) is 47.1. The smallest absolute Gasteiger partial charge is 0.462 e. The summed E-state index contributed by atoms with van der Waals surface area (Å²) in [7, 11) is 1.49. The van der Waals surface area contributed by atoms with Gasteiger partial charge < -0.3 is 18.9 Å². The Morgan fingerprint density at radius 1 is 0.484 bits per heavy atom. The molecule has 1 unspecified atom stereocenters. The SMILES string of the molecule is CCCCC/C=C\C/C=C\CCCCCCCCCCCC(=O)O[C@H](COC(=O)CCCCCCCCCCCCCCCCCCCCCCC)COP(=O)(O)OCC[N+](C)(C)C. The molecule has 2 atom stereocenters. The molecule has 0 aliphatic heterocycles. The van der Waals surface area contributed by atoms with E-state index < -0.39 is 26.5 Å². The van der Waals surface area contributed by atoms with Crippen molar-refractivity contribution in [2.45, 2.75) is 264 Å². The number of carbonyl (C=O) groups excluding carboxylic acids is 2. The van der Waals surface area contributed by atoms with Gasteiger partial charge in [-0.2, -0.15) is 0 Å². The molecule has 0 rings (SSSR count). The van der Waals surface area contributed by atoms with Gasteiger partial charge in [-0.15, -0.1) is 0 Å². The monoisotopic (exact) mass is 927 g/mol.